The number of nitrogens with two attached hydrogens (primary N) is 1. The van der Waals surface area contributed by atoms with E-state index in [0.717, 1.165) is 24.8 Å². The largest absolute Gasteiger partial charge is 0.393 e. The summed E-state index contributed by atoms with van der Waals surface area (Å²) in [6.45, 7) is 8.12. The number of thiocarbonyl (C=S) groups is 1. The van der Waals surface area contributed by atoms with Crippen molar-refractivity contribution in [3.8, 4) is 0 Å². The van der Waals surface area contributed by atoms with Gasteiger partial charge in [-0.3, -0.25) is 0 Å². The summed E-state index contributed by atoms with van der Waals surface area (Å²) in [6, 6.07) is 0. The van der Waals surface area contributed by atoms with Crippen molar-refractivity contribution < 1.29 is 0 Å². The number of hydrogen-bond acceptors (Lipinski definition) is 2. The molecule has 2 unspecified atom stereocenters. The SMILES string of the molecule is CC(C)(CCN1CC2CCCC2C1)C(N)=S. The smallest absolute Gasteiger partial charge is 0.0784 e. The van der Waals surface area contributed by atoms with Gasteiger partial charge in [0.15, 0.2) is 0 Å². The molecule has 2 atom stereocenters. The summed E-state index contributed by atoms with van der Waals surface area (Å²) in [4.78, 5) is 3.28. The third-order valence-electron chi connectivity index (χ3n) is 4.52. The lowest BCUT2D eigenvalue weighted by atomic mass is 9.89. The zero-order chi connectivity index (χ0) is 11.8. The van der Waals surface area contributed by atoms with E-state index in [1.807, 2.05) is 0 Å². The van der Waals surface area contributed by atoms with E-state index in [2.05, 4.69) is 18.7 Å². The van der Waals surface area contributed by atoms with E-state index in [9.17, 15) is 0 Å². The van der Waals surface area contributed by atoms with Crippen LogP contribution in [0.25, 0.3) is 0 Å². The molecule has 1 saturated carbocycles. The van der Waals surface area contributed by atoms with Crippen LogP contribution in [0.2, 0.25) is 0 Å². The van der Waals surface area contributed by atoms with Crippen molar-refractivity contribution in [1.82, 2.24) is 4.90 Å². The van der Waals surface area contributed by atoms with Gasteiger partial charge in [-0.05, 0) is 37.6 Å². The van der Waals surface area contributed by atoms with Gasteiger partial charge in [0.05, 0.1) is 4.99 Å². The molecule has 16 heavy (non-hydrogen) atoms. The fourth-order valence-electron chi connectivity index (χ4n) is 3.08. The van der Waals surface area contributed by atoms with E-state index in [1.165, 1.54) is 32.4 Å². The molecule has 0 spiro atoms. The molecule has 1 saturated heterocycles. The second-order valence-corrected chi connectivity index (χ2v) is 6.65. The van der Waals surface area contributed by atoms with Gasteiger partial charge in [0.2, 0.25) is 0 Å². The Hall–Kier alpha value is -0.150. The van der Waals surface area contributed by atoms with Crippen molar-refractivity contribution in [2.24, 2.45) is 23.0 Å². The first kappa shape index (κ1) is 12.3. The molecule has 92 valence electrons. The van der Waals surface area contributed by atoms with Crippen LogP contribution in [0.15, 0.2) is 0 Å². The lowest BCUT2D eigenvalue weighted by Gasteiger charge is -2.26. The number of rotatable bonds is 4. The molecule has 3 heteroatoms. The Morgan fingerprint density at radius 1 is 1.31 bits per heavy atom. The average molecular weight is 240 g/mol. The predicted molar refractivity (Wildman–Crippen MR) is 72.5 cm³/mol. The van der Waals surface area contributed by atoms with Gasteiger partial charge in [0.1, 0.15) is 0 Å². The van der Waals surface area contributed by atoms with Gasteiger partial charge >= 0.3 is 0 Å². The fraction of sp³-hybridized carbons (Fsp3) is 0.923. The lowest BCUT2D eigenvalue weighted by molar-refractivity contribution is 0.275. The van der Waals surface area contributed by atoms with Gasteiger partial charge in [-0.25, -0.2) is 0 Å². The van der Waals surface area contributed by atoms with E-state index in [-0.39, 0.29) is 5.41 Å². The highest BCUT2D eigenvalue weighted by molar-refractivity contribution is 7.80. The van der Waals surface area contributed by atoms with E-state index < -0.39 is 0 Å². The lowest BCUT2D eigenvalue weighted by Crippen LogP contribution is -2.34. The van der Waals surface area contributed by atoms with Crippen LogP contribution in [0.3, 0.4) is 0 Å². The van der Waals surface area contributed by atoms with E-state index >= 15 is 0 Å². The quantitative estimate of drug-likeness (QED) is 0.765. The van der Waals surface area contributed by atoms with E-state index in [0.29, 0.717) is 4.99 Å². The van der Waals surface area contributed by atoms with Crippen LogP contribution in [0.4, 0.5) is 0 Å². The summed E-state index contributed by atoms with van der Waals surface area (Å²) >= 11 is 5.11. The van der Waals surface area contributed by atoms with Gasteiger partial charge in [-0.15, -0.1) is 0 Å². The van der Waals surface area contributed by atoms with Crippen LogP contribution in [0.1, 0.15) is 39.5 Å². The minimum Gasteiger partial charge on any atom is -0.393 e. The maximum absolute atomic E-state index is 5.76. The summed E-state index contributed by atoms with van der Waals surface area (Å²) < 4.78 is 0. The molecule has 1 aliphatic heterocycles. The Morgan fingerprint density at radius 2 is 1.88 bits per heavy atom. The van der Waals surface area contributed by atoms with E-state index in [1.54, 1.807) is 0 Å². The Balaban J connectivity index is 1.78. The average Bonchev–Trinajstić information content (AvgIpc) is 2.73. The molecule has 2 rings (SSSR count). The van der Waals surface area contributed by atoms with Crippen molar-refractivity contribution in [3.05, 3.63) is 0 Å². The van der Waals surface area contributed by atoms with Crippen LogP contribution >= 0.6 is 12.2 Å². The number of fused-ring (bicyclic) bond motifs is 1. The number of nitrogens with zero attached hydrogens (tertiary/aromatic N) is 1. The minimum absolute atomic E-state index is 0.0209. The molecule has 2 aliphatic rings. The van der Waals surface area contributed by atoms with Gasteiger partial charge in [-0.1, -0.05) is 32.5 Å². The first-order chi connectivity index (χ1) is 7.49. The maximum Gasteiger partial charge on any atom is 0.0784 e. The van der Waals surface area contributed by atoms with Gasteiger partial charge < -0.3 is 10.6 Å². The summed E-state index contributed by atoms with van der Waals surface area (Å²) in [5, 5.41) is 0. The van der Waals surface area contributed by atoms with Crippen molar-refractivity contribution in [1.29, 1.82) is 0 Å². The molecule has 0 aromatic heterocycles. The van der Waals surface area contributed by atoms with Crippen molar-refractivity contribution in [2.45, 2.75) is 39.5 Å². The van der Waals surface area contributed by atoms with Crippen LogP contribution in [0.5, 0.6) is 0 Å². The van der Waals surface area contributed by atoms with Crippen molar-refractivity contribution in [3.63, 3.8) is 0 Å². The third kappa shape index (κ3) is 2.57. The summed E-state index contributed by atoms with van der Waals surface area (Å²) in [6.07, 6.45) is 5.48. The van der Waals surface area contributed by atoms with E-state index in [4.69, 9.17) is 18.0 Å². The van der Waals surface area contributed by atoms with Crippen LogP contribution in [-0.2, 0) is 0 Å². The highest BCUT2D eigenvalue weighted by Crippen LogP contribution is 2.38. The molecule has 0 bridgehead atoms. The summed E-state index contributed by atoms with van der Waals surface area (Å²) in [5.41, 5.74) is 5.78. The Morgan fingerprint density at radius 3 is 2.38 bits per heavy atom. The summed E-state index contributed by atoms with van der Waals surface area (Å²) in [7, 11) is 0. The van der Waals surface area contributed by atoms with Crippen molar-refractivity contribution in [2.75, 3.05) is 19.6 Å². The second kappa shape index (κ2) is 4.61. The Labute approximate surface area is 105 Å². The third-order valence-corrected chi connectivity index (χ3v) is 5.07. The van der Waals surface area contributed by atoms with Crippen LogP contribution in [0, 0.1) is 17.3 Å². The van der Waals surface area contributed by atoms with Gasteiger partial charge in [-0.2, -0.15) is 0 Å². The zero-order valence-corrected chi connectivity index (χ0v) is 11.4. The fourth-order valence-corrected chi connectivity index (χ4v) is 3.18. The zero-order valence-electron chi connectivity index (χ0n) is 10.5. The van der Waals surface area contributed by atoms with Crippen LogP contribution in [-0.4, -0.2) is 29.5 Å². The predicted octanol–water partition coefficient (Wildman–Crippen LogP) is 2.42. The molecule has 0 aromatic carbocycles. The molecule has 1 aliphatic carbocycles. The van der Waals surface area contributed by atoms with Gasteiger partial charge in [0.25, 0.3) is 0 Å². The molecule has 0 radical (unpaired) electrons. The normalized spacial score (nSPS) is 30.6. The Kier molecular flexibility index (Phi) is 3.55. The molecule has 0 aromatic rings. The number of likely N-dealkylation sites (tertiary alicyclic amines) is 1. The monoisotopic (exact) mass is 240 g/mol. The first-order valence-corrected chi connectivity index (χ1v) is 6.92. The minimum atomic E-state index is 0.0209. The number of hydrogen-bond donors (Lipinski definition) is 1. The van der Waals surface area contributed by atoms with Crippen molar-refractivity contribution >= 4 is 17.2 Å². The second-order valence-electron chi connectivity index (χ2n) is 6.21. The molecular formula is C13H24N2S. The van der Waals surface area contributed by atoms with Crippen LogP contribution < -0.4 is 5.73 Å². The molecular weight excluding hydrogens is 216 g/mol. The molecule has 2 nitrogen and oxygen atoms in total. The first-order valence-electron chi connectivity index (χ1n) is 6.51. The molecule has 2 N–H and O–H groups in total. The highest BCUT2D eigenvalue weighted by atomic mass is 32.1. The molecule has 2 fully saturated rings. The maximum atomic E-state index is 5.76. The molecule has 1 heterocycles. The topological polar surface area (TPSA) is 29.3 Å². The standard InChI is InChI=1S/C13H24N2S/c1-13(2,12(14)16)6-7-15-8-10-4-3-5-11(10)9-15/h10-11H,3-9H2,1-2H3,(H2,14,16). The Bertz CT molecular complexity index is 263. The highest BCUT2D eigenvalue weighted by Gasteiger charge is 2.36. The summed E-state index contributed by atoms with van der Waals surface area (Å²) in [5.74, 6) is 1.99. The van der Waals surface area contributed by atoms with Gasteiger partial charge in [0, 0.05) is 18.5 Å². The molecule has 0 amide bonds.